The molecule has 0 saturated carbocycles. The fourth-order valence-corrected chi connectivity index (χ4v) is 2.28. The number of nitrogen functional groups attached to an aromatic ring is 1. The Hall–Kier alpha value is -2.79. The standard InChI is InChI=1S/C18H17ClN4O/c19-17-16(20)18(23-12-22-17)21-10-13-6-8-15(9-7-13)24-11-14-4-2-1-3-5-14/h1-9,12H,10-11,20H2,(H,21,22,23). The van der Waals surface area contributed by atoms with Gasteiger partial charge in [-0.2, -0.15) is 0 Å². The van der Waals surface area contributed by atoms with Gasteiger partial charge >= 0.3 is 0 Å². The third-order valence-corrected chi connectivity index (χ3v) is 3.77. The molecule has 0 spiro atoms. The van der Waals surface area contributed by atoms with Gasteiger partial charge in [0.1, 0.15) is 24.4 Å². The quantitative estimate of drug-likeness (QED) is 0.666. The summed E-state index contributed by atoms with van der Waals surface area (Å²) in [6.07, 6.45) is 1.38. The zero-order chi connectivity index (χ0) is 16.8. The molecule has 0 atom stereocenters. The SMILES string of the molecule is Nc1c(Cl)ncnc1NCc1ccc(OCc2ccccc2)cc1. The molecule has 0 unspecified atom stereocenters. The highest BCUT2D eigenvalue weighted by Gasteiger charge is 2.05. The van der Waals surface area contributed by atoms with Gasteiger partial charge in [-0.05, 0) is 23.3 Å². The third-order valence-electron chi connectivity index (χ3n) is 3.47. The minimum absolute atomic E-state index is 0.247. The number of benzene rings is 2. The maximum atomic E-state index is 5.87. The fourth-order valence-electron chi connectivity index (χ4n) is 2.15. The average molecular weight is 341 g/mol. The Kier molecular flexibility index (Phi) is 5.13. The number of ether oxygens (including phenoxy) is 1. The highest BCUT2D eigenvalue weighted by molar-refractivity contribution is 6.32. The Labute approximate surface area is 145 Å². The first-order valence-electron chi connectivity index (χ1n) is 7.48. The fraction of sp³-hybridized carbons (Fsp3) is 0.111. The largest absolute Gasteiger partial charge is 0.489 e. The van der Waals surface area contributed by atoms with Gasteiger partial charge in [0.15, 0.2) is 11.0 Å². The van der Waals surface area contributed by atoms with Crippen molar-refractivity contribution < 1.29 is 4.74 Å². The molecule has 3 aromatic rings. The molecule has 3 rings (SSSR count). The van der Waals surface area contributed by atoms with Gasteiger partial charge in [-0.1, -0.05) is 54.1 Å². The lowest BCUT2D eigenvalue weighted by Gasteiger charge is -2.10. The number of rotatable bonds is 6. The first-order chi connectivity index (χ1) is 11.7. The highest BCUT2D eigenvalue weighted by atomic mass is 35.5. The number of nitrogens with two attached hydrogens (primary N) is 1. The Morgan fingerprint density at radius 3 is 2.46 bits per heavy atom. The number of hydrogen-bond donors (Lipinski definition) is 2. The van der Waals surface area contributed by atoms with Crippen LogP contribution < -0.4 is 15.8 Å². The lowest BCUT2D eigenvalue weighted by atomic mass is 10.2. The van der Waals surface area contributed by atoms with Crippen LogP contribution in [0.2, 0.25) is 5.15 Å². The van der Waals surface area contributed by atoms with E-state index in [-0.39, 0.29) is 5.15 Å². The normalized spacial score (nSPS) is 10.4. The van der Waals surface area contributed by atoms with Crippen molar-refractivity contribution in [3.8, 4) is 5.75 Å². The predicted octanol–water partition coefficient (Wildman–Crippen LogP) is 3.90. The second-order valence-corrected chi connectivity index (χ2v) is 5.56. The second kappa shape index (κ2) is 7.66. The van der Waals surface area contributed by atoms with E-state index in [1.54, 1.807) is 0 Å². The Morgan fingerprint density at radius 1 is 0.958 bits per heavy atom. The maximum absolute atomic E-state index is 5.87. The van der Waals surface area contributed by atoms with Crippen LogP contribution in [0.4, 0.5) is 11.5 Å². The van der Waals surface area contributed by atoms with Gasteiger partial charge in [0.25, 0.3) is 0 Å². The number of nitrogens with zero attached hydrogens (tertiary/aromatic N) is 2. The molecule has 3 N–H and O–H groups in total. The van der Waals surface area contributed by atoms with Crippen molar-refractivity contribution in [3.05, 3.63) is 77.2 Å². The van der Waals surface area contributed by atoms with Crippen molar-refractivity contribution in [2.75, 3.05) is 11.1 Å². The van der Waals surface area contributed by atoms with Gasteiger partial charge in [0.2, 0.25) is 0 Å². The summed E-state index contributed by atoms with van der Waals surface area (Å²) >= 11 is 5.87. The summed E-state index contributed by atoms with van der Waals surface area (Å²) in [6.45, 7) is 1.13. The maximum Gasteiger partial charge on any atom is 0.157 e. The molecule has 0 amide bonds. The van der Waals surface area contributed by atoms with Crippen LogP contribution in [0.5, 0.6) is 5.75 Å². The third kappa shape index (κ3) is 4.14. The minimum Gasteiger partial charge on any atom is -0.489 e. The van der Waals surface area contributed by atoms with E-state index in [0.29, 0.717) is 24.7 Å². The summed E-state index contributed by atoms with van der Waals surface area (Å²) in [5.74, 6) is 1.35. The van der Waals surface area contributed by atoms with Crippen molar-refractivity contribution in [2.45, 2.75) is 13.2 Å². The minimum atomic E-state index is 0.247. The molecular formula is C18H17ClN4O. The Morgan fingerprint density at radius 2 is 1.71 bits per heavy atom. The van der Waals surface area contributed by atoms with Crippen molar-refractivity contribution >= 4 is 23.1 Å². The van der Waals surface area contributed by atoms with E-state index < -0.39 is 0 Å². The summed E-state index contributed by atoms with van der Waals surface area (Å²) < 4.78 is 5.77. The van der Waals surface area contributed by atoms with Crippen LogP contribution in [0.25, 0.3) is 0 Å². The molecule has 5 nitrogen and oxygen atoms in total. The van der Waals surface area contributed by atoms with E-state index >= 15 is 0 Å². The lowest BCUT2D eigenvalue weighted by molar-refractivity contribution is 0.306. The summed E-state index contributed by atoms with van der Waals surface area (Å²) in [5.41, 5.74) is 8.39. The van der Waals surface area contributed by atoms with E-state index in [4.69, 9.17) is 22.1 Å². The molecule has 24 heavy (non-hydrogen) atoms. The van der Waals surface area contributed by atoms with Crippen LogP contribution in [0, 0.1) is 0 Å². The molecular weight excluding hydrogens is 324 g/mol. The van der Waals surface area contributed by atoms with Crippen LogP contribution >= 0.6 is 11.6 Å². The second-order valence-electron chi connectivity index (χ2n) is 5.20. The van der Waals surface area contributed by atoms with Crippen molar-refractivity contribution in [3.63, 3.8) is 0 Å². The molecule has 0 fully saturated rings. The first kappa shape index (κ1) is 16.1. The van der Waals surface area contributed by atoms with Crippen molar-refractivity contribution in [2.24, 2.45) is 0 Å². The molecule has 6 heteroatoms. The topological polar surface area (TPSA) is 73.1 Å². The van der Waals surface area contributed by atoms with Gasteiger partial charge in [-0.15, -0.1) is 0 Å². The van der Waals surface area contributed by atoms with Crippen molar-refractivity contribution in [1.29, 1.82) is 0 Å². The zero-order valence-electron chi connectivity index (χ0n) is 12.9. The first-order valence-corrected chi connectivity index (χ1v) is 7.85. The van der Waals surface area contributed by atoms with Crippen LogP contribution in [0.3, 0.4) is 0 Å². The number of halogens is 1. The Balaban J connectivity index is 1.55. The summed E-state index contributed by atoms with van der Waals surface area (Å²) in [7, 11) is 0. The molecule has 0 bridgehead atoms. The summed E-state index contributed by atoms with van der Waals surface area (Å²) in [5, 5.41) is 3.39. The number of aromatic nitrogens is 2. The van der Waals surface area contributed by atoms with Crippen molar-refractivity contribution in [1.82, 2.24) is 9.97 Å². The van der Waals surface area contributed by atoms with Gasteiger partial charge in [-0.3, -0.25) is 0 Å². The molecule has 2 aromatic carbocycles. The number of nitrogens with one attached hydrogen (secondary N) is 1. The van der Waals surface area contributed by atoms with Gasteiger partial charge < -0.3 is 15.8 Å². The average Bonchev–Trinajstić information content (AvgIpc) is 2.63. The molecule has 0 aliphatic heterocycles. The van der Waals surface area contributed by atoms with Gasteiger partial charge in [-0.25, -0.2) is 9.97 Å². The van der Waals surface area contributed by atoms with E-state index in [0.717, 1.165) is 16.9 Å². The van der Waals surface area contributed by atoms with Crippen LogP contribution in [0.1, 0.15) is 11.1 Å². The highest BCUT2D eigenvalue weighted by Crippen LogP contribution is 2.22. The van der Waals surface area contributed by atoms with Gasteiger partial charge in [0, 0.05) is 6.54 Å². The van der Waals surface area contributed by atoms with Gasteiger partial charge in [0.05, 0.1) is 0 Å². The summed E-state index contributed by atoms with van der Waals surface area (Å²) in [6, 6.07) is 17.9. The van der Waals surface area contributed by atoms with Crippen LogP contribution in [-0.4, -0.2) is 9.97 Å². The predicted molar refractivity (Wildman–Crippen MR) is 96.0 cm³/mol. The van der Waals surface area contributed by atoms with Crippen LogP contribution in [-0.2, 0) is 13.2 Å². The number of anilines is 2. The van der Waals surface area contributed by atoms with Crippen LogP contribution in [0.15, 0.2) is 60.9 Å². The summed E-state index contributed by atoms with van der Waals surface area (Å²) in [4.78, 5) is 7.90. The molecule has 122 valence electrons. The number of hydrogen-bond acceptors (Lipinski definition) is 5. The molecule has 1 aromatic heterocycles. The Bertz CT molecular complexity index is 794. The van der Waals surface area contributed by atoms with E-state index in [1.165, 1.54) is 6.33 Å². The zero-order valence-corrected chi connectivity index (χ0v) is 13.7. The lowest BCUT2D eigenvalue weighted by Crippen LogP contribution is -2.05. The smallest absolute Gasteiger partial charge is 0.157 e. The molecule has 0 radical (unpaired) electrons. The van der Waals surface area contributed by atoms with E-state index in [2.05, 4.69) is 15.3 Å². The monoisotopic (exact) mass is 340 g/mol. The molecule has 0 aliphatic rings. The molecule has 0 aliphatic carbocycles. The van der Waals surface area contributed by atoms with E-state index in [1.807, 2.05) is 54.6 Å². The van der Waals surface area contributed by atoms with E-state index in [9.17, 15) is 0 Å². The molecule has 1 heterocycles. The molecule has 0 saturated heterocycles.